The van der Waals surface area contributed by atoms with Crippen molar-refractivity contribution in [2.45, 2.75) is 6.92 Å². The molecule has 0 bridgehead atoms. The van der Waals surface area contributed by atoms with Gasteiger partial charge < -0.3 is 20.7 Å². The van der Waals surface area contributed by atoms with E-state index in [1.807, 2.05) is 31.2 Å². The molecule has 0 aliphatic heterocycles. The maximum absolute atomic E-state index is 12.7. The summed E-state index contributed by atoms with van der Waals surface area (Å²) in [6, 6.07) is 20.9. The molecule has 0 spiro atoms. The van der Waals surface area contributed by atoms with Crippen molar-refractivity contribution in [2.24, 2.45) is 0 Å². The Labute approximate surface area is 163 Å². The number of benzene rings is 3. The van der Waals surface area contributed by atoms with Crippen LogP contribution in [0, 0.1) is 6.92 Å². The van der Waals surface area contributed by atoms with Crippen LogP contribution >= 0.6 is 0 Å². The van der Waals surface area contributed by atoms with Crippen molar-refractivity contribution < 1.29 is 14.3 Å². The van der Waals surface area contributed by atoms with Crippen molar-refractivity contribution in [3.63, 3.8) is 0 Å². The smallest absolute Gasteiger partial charge is 0.323 e. The lowest BCUT2D eigenvalue weighted by Crippen LogP contribution is -2.22. The first-order valence-electron chi connectivity index (χ1n) is 8.75. The first kappa shape index (κ1) is 19.0. The summed E-state index contributed by atoms with van der Waals surface area (Å²) >= 11 is 0. The van der Waals surface area contributed by atoms with Crippen LogP contribution in [-0.4, -0.2) is 19.0 Å². The zero-order valence-corrected chi connectivity index (χ0v) is 15.7. The number of hydrogen-bond donors (Lipinski definition) is 3. The van der Waals surface area contributed by atoms with Gasteiger partial charge in [0, 0.05) is 11.4 Å². The highest BCUT2D eigenvalue weighted by Crippen LogP contribution is 2.20. The number of urea groups is 1. The molecular formula is C22H21N3O3. The number of methoxy groups -OCH3 is 1. The number of carbonyl (C=O) groups is 2. The molecule has 0 unspecified atom stereocenters. The Bertz CT molecular complexity index is 984. The number of ether oxygens (including phenoxy) is 1. The van der Waals surface area contributed by atoms with Crippen molar-refractivity contribution in [1.82, 2.24) is 0 Å². The number of carbonyl (C=O) groups excluding carboxylic acids is 2. The predicted octanol–water partition coefficient (Wildman–Crippen LogP) is 4.90. The van der Waals surface area contributed by atoms with Gasteiger partial charge in [0.2, 0.25) is 0 Å². The number of aryl methyl sites for hydroxylation is 1. The second kappa shape index (κ2) is 8.73. The van der Waals surface area contributed by atoms with E-state index in [-0.39, 0.29) is 5.91 Å². The molecule has 3 aromatic rings. The Hall–Kier alpha value is -3.80. The highest BCUT2D eigenvalue weighted by molar-refractivity contribution is 6.11. The minimum absolute atomic E-state index is 0.322. The SMILES string of the molecule is COc1ccc(NC(=O)c2ccccc2NC(=O)Nc2ccccc2C)cc1. The van der Waals surface area contributed by atoms with E-state index in [0.717, 1.165) is 5.56 Å². The summed E-state index contributed by atoms with van der Waals surface area (Å²) in [6.45, 7) is 1.91. The molecule has 0 aliphatic rings. The van der Waals surface area contributed by atoms with E-state index in [4.69, 9.17) is 4.74 Å². The summed E-state index contributed by atoms with van der Waals surface area (Å²) in [5, 5.41) is 8.35. The third-order valence-electron chi connectivity index (χ3n) is 4.16. The van der Waals surface area contributed by atoms with Crippen LogP contribution in [0.5, 0.6) is 5.75 Å². The Morgan fingerprint density at radius 2 is 1.36 bits per heavy atom. The fraction of sp³-hybridized carbons (Fsp3) is 0.0909. The molecule has 3 N–H and O–H groups in total. The van der Waals surface area contributed by atoms with Gasteiger partial charge in [0.25, 0.3) is 5.91 Å². The zero-order valence-electron chi connectivity index (χ0n) is 15.7. The molecule has 142 valence electrons. The lowest BCUT2D eigenvalue weighted by Gasteiger charge is -2.13. The molecule has 0 aromatic heterocycles. The molecule has 0 aliphatic carbocycles. The maximum Gasteiger partial charge on any atom is 0.323 e. The molecule has 3 amide bonds. The number of amides is 3. The van der Waals surface area contributed by atoms with Crippen LogP contribution < -0.4 is 20.7 Å². The Balaban J connectivity index is 1.72. The van der Waals surface area contributed by atoms with E-state index in [1.54, 1.807) is 55.6 Å². The normalized spacial score (nSPS) is 10.1. The first-order valence-corrected chi connectivity index (χ1v) is 8.75. The van der Waals surface area contributed by atoms with Crippen molar-refractivity contribution in [3.05, 3.63) is 83.9 Å². The Morgan fingerprint density at radius 1 is 0.750 bits per heavy atom. The van der Waals surface area contributed by atoms with Crippen molar-refractivity contribution in [3.8, 4) is 5.75 Å². The largest absolute Gasteiger partial charge is 0.497 e. The summed E-state index contributed by atoms with van der Waals surface area (Å²) in [6.07, 6.45) is 0. The second-order valence-electron chi connectivity index (χ2n) is 6.12. The summed E-state index contributed by atoms with van der Waals surface area (Å²) < 4.78 is 5.11. The fourth-order valence-electron chi connectivity index (χ4n) is 2.65. The average Bonchev–Trinajstić information content (AvgIpc) is 2.70. The van der Waals surface area contributed by atoms with Gasteiger partial charge in [0.05, 0.1) is 18.4 Å². The minimum Gasteiger partial charge on any atom is -0.497 e. The van der Waals surface area contributed by atoms with Crippen molar-refractivity contribution in [1.29, 1.82) is 0 Å². The van der Waals surface area contributed by atoms with Crippen LogP contribution in [0.15, 0.2) is 72.8 Å². The Kier molecular flexibility index (Phi) is 5.91. The van der Waals surface area contributed by atoms with Gasteiger partial charge in [0.15, 0.2) is 0 Å². The van der Waals surface area contributed by atoms with Crippen LogP contribution in [-0.2, 0) is 0 Å². The first-order chi connectivity index (χ1) is 13.6. The molecule has 6 heteroatoms. The van der Waals surface area contributed by atoms with Gasteiger partial charge in [0.1, 0.15) is 5.75 Å². The van der Waals surface area contributed by atoms with Gasteiger partial charge >= 0.3 is 6.03 Å². The number of para-hydroxylation sites is 2. The molecule has 0 saturated carbocycles. The second-order valence-corrected chi connectivity index (χ2v) is 6.12. The summed E-state index contributed by atoms with van der Waals surface area (Å²) in [5.41, 5.74) is 3.06. The van der Waals surface area contributed by atoms with Gasteiger partial charge in [-0.2, -0.15) is 0 Å². The molecule has 3 rings (SSSR count). The molecule has 6 nitrogen and oxygen atoms in total. The van der Waals surface area contributed by atoms with Gasteiger partial charge in [-0.1, -0.05) is 30.3 Å². The van der Waals surface area contributed by atoms with Crippen LogP contribution in [0.3, 0.4) is 0 Å². The monoisotopic (exact) mass is 375 g/mol. The predicted molar refractivity (Wildman–Crippen MR) is 111 cm³/mol. The lowest BCUT2D eigenvalue weighted by molar-refractivity contribution is 0.102. The van der Waals surface area contributed by atoms with Crippen molar-refractivity contribution in [2.75, 3.05) is 23.1 Å². The Morgan fingerprint density at radius 3 is 2.04 bits per heavy atom. The van der Waals surface area contributed by atoms with Crippen LogP contribution in [0.25, 0.3) is 0 Å². The van der Waals surface area contributed by atoms with Crippen LogP contribution in [0.2, 0.25) is 0 Å². The molecule has 0 radical (unpaired) electrons. The average molecular weight is 375 g/mol. The van der Waals surface area contributed by atoms with Crippen LogP contribution in [0.4, 0.5) is 21.9 Å². The molecule has 28 heavy (non-hydrogen) atoms. The van der Waals surface area contributed by atoms with E-state index in [1.165, 1.54) is 0 Å². The zero-order chi connectivity index (χ0) is 19.9. The molecule has 0 atom stereocenters. The third-order valence-corrected chi connectivity index (χ3v) is 4.16. The number of anilines is 3. The van der Waals surface area contributed by atoms with E-state index >= 15 is 0 Å². The standard InChI is InChI=1S/C22H21N3O3/c1-15-7-3-5-9-19(15)24-22(27)25-20-10-6-4-8-18(20)21(26)23-16-11-13-17(28-2)14-12-16/h3-14H,1-2H3,(H,23,26)(H2,24,25,27). The highest BCUT2D eigenvalue weighted by Gasteiger charge is 2.14. The lowest BCUT2D eigenvalue weighted by atomic mass is 10.1. The van der Waals surface area contributed by atoms with Gasteiger partial charge in [-0.15, -0.1) is 0 Å². The van der Waals surface area contributed by atoms with E-state index < -0.39 is 6.03 Å². The number of nitrogens with one attached hydrogen (secondary N) is 3. The van der Waals surface area contributed by atoms with E-state index in [0.29, 0.717) is 28.4 Å². The van der Waals surface area contributed by atoms with Crippen LogP contribution in [0.1, 0.15) is 15.9 Å². The summed E-state index contributed by atoms with van der Waals surface area (Å²) in [4.78, 5) is 25.0. The molecule has 0 fully saturated rings. The van der Waals surface area contributed by atoms with Crippen molar-refractivity contribution >= 4 is 29.0 Å². The topological polar surface area (TPSA) is 79.5 Å². The van der Waals surface area contributed by atoms with Gasteiger partial charge in [-0.3, -0.25) is 4.79 Å². The molecular weight excluding hydrogens is 354 g/mol. The van der Waals surface area contributed by atoms with E-state index in [2.05, 4.69) is 16.0 Å². The maximum atomic E-state index is 12.7. The number of hydrogen-bond acceptors (Lipinski definition) is 3. The number of rotatable bonds is 5. The van der Waals surface area contributed by atoms with E-state index in [9.17, 15) is 9.59 Å². The van der Waals surface area contributed by atoms with Gasteiger partial charge in [-0.05, 0) is 55.0 Å². The molecule has 0 heterocycles. The fourth-order valence-corrected chi connectivity index (χ4v) is 2.65. The molecule has 3 aromatic carbocycles. The minimum atomic E-state index is -0.418. The highest BCUT2D eigenvalue weighted by atomic mass is 16.5. The third kappa shape index (κ3) is 4.67. The van der Waals surface area contributed by atoms with Gasteiger partial charge in [-0.25, -0.2) is 4.79 Å². The summed E-state index contributed by atoms with van der Waals surface area (Å²) in [5.74, 6) is 0.380. The molecule has 0 saturated heterocycles. The summed E-state index contributed by atoms with van der Waals surface area (Å²) in [7, 11) is 1.58. The quantitative estimate of drug-likeness (QED) is 0.593.